The lowest BCUT2D eigenvalue weighted by Gasteiger charge is -2.47. The van der Waals surface area contributed by atoms with Crippen LogP contribution in [-0.4, -0.2) is 36.5 Å². The molecule has 0 radical (unpaired) electrons. The number of aromatic amines is 1. The molecule has 2 atom stereocenters. The molecule has 3 N–H and O–H groups in total. The molecule has 11 heteroatoms. The van der Waals surface area contributed by atoms with E-state index in [1.54, 1.807) is 6.20 Å². The Hall–Kier alpha value is -3.63. The summed E-state index contributed by atoms with van der Waals surface area (Å²) in [5.41, 5.74) is 0.0462. The maximum atomic E-state index is 14.4. The van der Waals surface area contributed by atoms with Crippen molar-refractivity contribution in [2.24, 2.45) is 17.8 Å². The quantitative estimate of drug-likeness (QED) is 0.338. The van der Waals surface area contributed by atoms with Gasteiger partial charge in [-0.2, -0.15) is 13.2 Å². The maximum Gasteiger partial charge on any atom is 0.433 e. The predicted octanol–water partition coefficient (Wildman–Crippen LogP) is 5.34. The van der Waals surface area contributed by atoms with Gasteiger partial charge in [-0.15, -0.1) is 0 Å². The molecule has 3 saturated carbocycles. The Balaban J connectivity index is 1.56. The zero-order valence-corrected chi connectivity index (χ0v) is 18.3. The second kappa shape index (κ2) is 7.69. The fourth-order valence-corrected chi connectivity index (χ4v) is 6.08. The highest BCUT2D eigenvalue weighted by atomic mass is 19.4. The monoisotopic (exact) mass is 487 g/mol. The third-order valence-electron chi connectivity index (χ3n) is 7.55. The van der Waals surface area contributed by atoms with E-state index in [1.807, 2.05) is 0 Å². The number of nitrogens with one attached hydrogen (secondary N) is 2. The number of carbonyl (C=O) groups is 1. The van der Waals surface area contributed by atoms with Crippen molar-refractivity contribution in [3.8, 4) is 11.1 Å². The fourth-order valence-electron chi connectivity index (χ4n) is 6.08. The number of hydrogen-bond acceptors (Lipinski definition) is 4. The normalized spacial score (nSPS) is 24.3. The molecule has 3 aliphatic rings. The summed E-state index contributed by atoms with van der Waals surface area (Å²) in [6.45, 7) is 0. The summed E-state index contributed by atoms with van der Waals surface area (Å²) in [5.74, 6) is -2.44. The molecule has 35 heavy (non-hydrogen) atoms. The summed E-state index contributed by atoms with van der Waals surface area (Å²) < 4.78 is 58.0. The van der Waals surface area contributed by atoms with E-state index in [-0.39, 0.29) is 23.2 Å². The lowest BCUT2D eigenvalue weighted by atomic mass is 9.61. The van der Waals surface area contributed by atoms with E-state index in [4.69, 9.17) is 0 Å². The third-order valence-corrected chi connectivity index (χ3v) is 7.55. The van der Waals surface area contributed by atoms with E-state index >= 15 is 0 Å². The Bertz CT molecular complexity index is 1450. The summed E-state index contributed by atoms with van der Waals surface area (Å²) in [5, 5.41) is 13.3. The Morgan fingerprint density at radius 3 is 2.57 bits per heavy atom. The minimum absolute atomic E-state index is 0.0319. The zero-order valence-electron chi connectivity index (χ0n) is 18.3. The number of imidazole rings is 1. The predicted molar refractivity (Wildman–Crippen MR) is 119 cm³/mol. The van der Waals surface area contributed by atoms with E-state index in [0.29, 0.717) is 22.2 Å². The second-order valence-corrected chi connectivity index (χ2v) is 9.40. The van der Waals surface area contributed by atoms with Crippen LogP contribution in [0.3, 0.4) is 0 Å². The molecular weight excluding hydrogens is 466 g/mol. The van der Waals surface area contributed by atoms with Gasteiger partial charge in [-0.25, -0.2) is 14.4 Å². The first-order chi connectivity index (χ1) is 16.7. The molecule has 1 unspecified atom stereocenters. The van der Waals surface area contributed by atoms with Gasteiger partial charge in [0, 0.05) is 41.1 Å². The van der Waals surface area contributed by atoms with Crippen LogP contribution in [0.5, 0.6) is 0 Å². The van der Waals surface area contributed by atoms with Gasteiger partial charge < -0.3 is 15.4 Å². The highest BCUT2D eigenvalue weighted by molar-refractivity contribution is 5.98. The van der Waals surface area contributed by atoms with E-state index < -0.39 is 35.6 Å². The van der Waals surface area contributed by atoms with Crippen molar-refractivity contribution in [1.29, 1.82) is 0 Å². The topological polar surface area (TPSA) is 95.3 Å². The number of aliphatic carboxylic acids is 1. The molecular formula is C24H21F4N5O2. The number of H-pyrrole nitrogens is 1. The van der Waals surface area contributed by atoms with Crippen LogP contribution in [0.2, 0.25) is 0 Å². The summed E-state index contributed by atoms with van der Waals surface area (Å²) in [4.78, 5) is 23.2. The van der Waals surface area contributed by atoms with Gasteiger partial charge in [-0.3, -0.25) is 9.20 Å². The molecule has 2 bridgehead atoms. The SMILES string of the molecule is O=C(O)[C@H]1C2CCC(CC2)C1Nc1cc(-c2c[nH]c3ncc(F)cc23)c2nccn2c1C(F)(F)F. The van der Waals surface area contributed by atoms with Crippen molar-refractivity contribution < 1.29 is 27.5 Å². The molecule has 182 valence electrons. The number of hydrogen-bond donors (Lipinski definition) is 3. The number of halogens is 4. The van der Waals surface area contributed by atoms with E-state index in [0.717, 1.165) is 36.3 Å². The first-order valence-electron chi connectivity index (χ1n) is 11.4. The van der Waals surface area contributed by atoms with Crippen molar-refractivity contribution in [1.82, 2.24) is 19.4 Å². The number of anilines is 1. The molecule has 7 rings (SSSR count). The number of alkyl halides is 3. The smallest absolute Gasteiger partial charge is 0.433 e. The molecule has 4 aromatic rings. The third kappa shape index (κ3) is 3.43. The van der Waals surface area contributed by atoms with E-state index in [1.165, 1.54) is 24.5 Å². The lowest BCUT2D eigenvalue weighted by Crippen LogP contribution is -2.51. The maximum absolute atomic E-state index is 14.4. The highest BCUT2D eigenvalue weighted by Crippen LogP contribution is 2.48. The molecule has 7 nitrogen and oxygen atoms in total. The average Bonchev–Trinajstić information content (AvgIpc) is 3.45. The molecule has 0 aliphatic heterocycles. The van der Waals surface area contributed by atoms with Gasteiger partial charge in [0.05, 0.1) is 17.8 Å². The summed E-state index contributed by atoms with van der Waals surface area (Å²) in [6, 6.07) is 1.98. The van der Waals surface area contributed by atoms with Crippen LogP contribution < -0.4 is 5.32 Å². The van der Waals surface area contributed by atoms with Gasteiger partial charge >= 0.3 is 12.1 Å². The van der Waals surface area contributed by atoms with Gasteiger partial charge in [0.15, 0.2) is 5.69 Å². The van der Waals surface area contributed by atoms with Crippen molar-refractivity contribution >= 4 is 28.3 Å². The van der Waals surface area contributed by atoms with Gasteiger partial charge in [-0.05, 0) is 49.7 Å². The number of fused-ring (bicyclic) bond motifs is 5. The minimum atomic E-state index is -4.74. The molecule has 4 heterocycles. The molecule has 0 spiro atoms. The average molecular weight is 487 g/mol. The number of pyridine rings is 2. The summed E-state index contributed by atoms with van der Waals surface area (Å²) in [6.07, 6.45) is 3.47. The molecule has 0 saturated heterocycles. The standard InChI is InChI=1S/C24H21F4N5O2/c25-13-7-14-16(10-31-21(14)30-9-13)15-8-17(20(24(26,27)28)33-6-5-29-22(15)33)32-19-12-3-1-11(2-4-12)18(19)23(34)35/h5-12,18-19,32H,1-4H2,(H,30,31)(H,34,35)/t11?,12?,18-,19?/m0/s1. The van der Waals surface area contributed by atoms with Gasteiger partial charge in [0.1, 0.15) is 17.1 Å². The molecule has 3 aliphatic carbocycles. The summed E-state index contributed by atoms with van der Waals surface area (Å²) >= 11 is 0. The van der Waals surface area contributed by atoms with Crippen LogP contribution in [0.15, 0.2) is 36.9 Å². The van der Waals surface area contributed by atoms with Crippen LogP contribution in [0.1, 0.15) is 31.4 Å². The van der Waals surface area contributed by atoms with E-state index in [9.17, 15) is 27.5 Å². The van der Waals surface area contributed by atoms with E-state index in [2.05, 4.69) is 20.3 Å². The number of carboxylic acid groups (broad SMARTS) is 1. The van der Waals surface area contributed by atoms with Crippen molar-refractivity contribution in [2.75, 3.05) is 5.32 Å². The van der Waals surface area contributed by atoms with Gasteiger partial charge in [-0.1, -0.05) is 0 Å². The minimum Gasteiger partial charge on any atom is -0.481 e. The van der Waals surface area contributed by atoms with Crippen LogP contribution >= 0.6 is 0 Å². The number of rotatable bonds is 4. The fraction of sp³-hybridized carbons (Fsp3) is 0.375. The van der Waals surface area contributed by atoms with Crippen molar-refractivity contribution in [2.45, 2.75) is 37.9 Å². The molecule has 0 amide bonds. The molecule has 4 aromatic heterocycles. The largest absolute Gasteiger partial charge is 0.481 e. The zero-order chi connectivity index (χ0) is 24.5. The number of aromatic nitrogens is 4. The Morgan fingerprint density at radius 2 is 1.86 bits per heavy atom. The van der Waals surface area contributed by atoms with Crippen LogP contribution in [-0.2, 0) is 11.0 Å². The van der Waals surface area contributed by atoms with Crippen LogP contribution in [0.4, 0.5) is 23.2 Å². The first-order valence-corrected chi connectivity index (χ1v) is 11.4. The number of nitrogens with zero attached hydrogens (tertiary/aromatic N) is 3. The van der Waals surface area contributed by atoms with Crippen molar-refractivity contribution in [3.05, 3.63) is 48.4 Å². The Labute approximate surface area is 196 Å². The molecule has 3 fully saturated rings. The highest BCUT2D eigenvalue weighted by Gasteiger charge is 2.48. The molecule has 0 aromatic carbocycles. The van der Waals surface area contributed by atoms with Gasteiger partial charge in [0.25, 0.3) is 0 Å². The van der Waals surface area contributed by atoms with Crippen LogP contribution in [0, 0.1) is 23.6 Å². The Morgan fingerprint density at radius 1 is 1.11 bits per heavy atom. The number of carboxylic acids is 1. The van der Waals surface area contributed by atoms with Crippen LogP contribution in [0.25, 0.3) is 27.8 Å². The second-order valence-electron chi connectivity index (χ2n) is 9.40. The first kappa shape index (κ1) is 21.9. The Kier molecular flexibility index (Phi) is 4.81. The van der Waals surface area contributed by atoms with Crippen molar-refractivity contribution in [3.63, 3.8) is 0 Å². The van der Waals surface area contributed by atoms with Gasteiger partial charge in [0.2, 0.25) is 0 Å². The lowest BCUT2D eigenvalue weighted by molar-refractivity contribution is -0.148. The summed E-state index contributed by atoms with van der Waals surface area (Å²) in [7, 11) is 0.